The summed E-state index contributed by atoms with van der Waals surface area (Å²) in [6.07, 6.45) is 7.74. The molecule has 6 nitrogen and oxygen atoms in total. The minimum absolute atomic E-state index is 0.0155. The molecule has 6 heteroatoms. The minimum Gasteiger partial charge on any atom is -0.379 e. The van der Waals surface area contributed by atoms with Crippen LogP contribution >= 0.6 is 0 Å². The first-order valence-electron chi connectivity index (χ1n) is 8.14. The van der Waals surface area contributed by atoms with Crippen LogP contribution in [0, 0.1) is 0 Å². The molecule has 0 aliphatic carbocycles. The third kappa shape index (κ3) is 6.15. The molecule has 1 aliphatic heterocycles. The number of aromatic nitrogens is 2. The number of ether oxygens (including phenoxy) is 2. The van der Waals surface area contributed by atoms with Crippen molar-refractivity contribution >= 4 is 5.91 Å². The van der Waals surface area contributed by atoms with Crippen LogP contribution in [0.2, 0.25) is 0 Å². The smallest absolute Gasteiger partial charge is 0.220 e. The predicted octanol–water partition coefficient (Wildman–Crippen LogP) is 1.61. The first-order valence-corrected chi connectivity index (χ1v) is 8.14. The molecular formula is C17H27N3O3. The summed E-state index contributed by atoms with van der Waals surface area (Å²) in [7, 11) is 1.87. The second-order valence-electron chi connectivity index (χ2n) is 6.21. The van der Waals surface area contributed by atoms with E-state index in [9.17, 15) is 4.79 Å². The molecule has 0 radical (unpaired) electrons. The zero-order valence-corrected chi connectivity index (χ0v) is 14.2. The Kier molecular flexibility index (Phi) is 6.80. The molecule has 0 spiro atoms. The minimum atomic E-state index is -0.0734. The number of rotatable bonds is 7. The fourth-order valence-electron chi connectivity index (χ4n) is 2.53. The summed E-state index contributed by atoms with van der Waals surface area (Å²) in [4.78, 5) is 12.2. The average molecular weight is 321 g/mol. The third-order valence-corrected chi connectivity index (χ3v) is 3.84. The number of hydrogen-bond acceptors (Lipinski definition) is 4. The van der Waals surface area contributed by atoms with Crippen LogP contribution in [0.25, 0.3) is 0 Å². The van der Waals surface area contributed by atoms with E-state index in [0.717, 1.165) is 12.0 Å². The molecule has 2 heterocycles. The van der Waals surface area contributed by atoms with Crippen LogP contribution < -0.4 is 5.32 Å². The molecule has 0 saturated carbocycles. The summed E-state index contributed by atoms with van der Waals surface area (Å²) < 4.78 is 13.1. The van der Waals surface area contributed by atoms with Gasteiger partial charge < -0.3 is 14.8 Å². The normalized spacial score (nSPS) is 21.0. The van der Waals surface area contributed by atoms with E-state index in [1.165, 1.54) is 5.57 Å². The molecule has 2 unspecified atom stereocenters. The standard InChI is InChI=1S/C17H27N3O3/c1-13(2)6-9-23-16-7-8-22-12-15(16)19-17(21)5-4-14-10-18-20(3)11-14/h6,10-11,15-16H,4-5,7-9,12H2,1-3H3,(H,19,21). The van der Waals surface area contributed by atoms with Gasteiger partial charge in [0.1, 0.15) is 0 Å². The van der Waals surface area contributed by atoms with Crippen molar-refractivity contribution in [2.45, 2.75) is 45.3 Å². The molecule has 0 bridgehead atoms. The molecule has 1 aromatic heterocycles. The van der Waals surface area contributed by atoms with Crippen LogP contribution in [0.1, 0.15) is 32.3 Å². The van der Waals surface area contributed by atoms with E-state index in [-0.39, 0.29) is 18.1 Å². The lowest BCUT2D eigenvalue weighted by Crippen LogP contribution is -2.50. The molecule has 1 amide bonds. The van der Waals surface area contributed by atoms with E-state index in [1.54, 1.807) is 10.9 Å². The fraction of sp³-hybridized carbons (Fsp3) is 0.647. The Morgan fingerprint density at radius 3 is 3.09 bits per heavy atom. The molecule has 128 valence electrons. The lowest BCUT2D eigenvalue weighted by Gasteiger charge is -2.31. The van der Waals surface area contributed by atoms with E-state index in [4.69, 9.17) is 9.47 Å². The van der Waals surface area contributed by atoms with Crippen LogP contribution in [0.4, 0.5) is 0 Å². The topological polar surface area (TPSA) is 65.4 Å². The Morgan fingerprint density at radius 1 is 1.57 bits per heavy atom. The molecular weight excluding hydrogens is 294 g/mol. The Bertz CT molecular complexity index is 535. The lowest BCUT2D eigenvalue weighted by atomic mass is 10.1. The summed E-state index contributed by atoms with van der Waals surface area (Å²) in [5.41, 5.74) is 2.30. The Balaban J connectivity index is 1.78. The number of allylic oxidation sites excluding steroid dienone is 1. The van der Waals surface area contributed by atoms with Crippen molar-refractivity contribution in [3.63, 3.8) is 0 Å². The Morgan fingerprint density at radius 2 is 2.39 bits per heavy atom. The molecule has 1 aromatic rings. The lowest BCUT2D eigenvalue weighted by molar-refractivity contribution is -0.125. The molecule has 23 heavy (non-hydrogen) atoms. The van der Waals surface area contributed by atoms with Gasteiger partial charge in [-0.15, -0.1) is 0 Å². The summed E-state index contributed by atoms with van der Waals surface area (Å²) in [5, 5.41) is 7.16. The number of hydrogen-bond donors (Lipinski definition) is 1. The van der Waals surface area contributed by atoms with Gasteiger partial charge >= 0.3 is 0 Å². The number of nitrogens with zero attached hydrogens (tertiary/aromatic N) is 2. The second kappa shape index (κ2) is 8.84. The van der Waals surface area contributed by atoms with Gasteiger partial charge in [-0.1, -0.05) is 11.6 Å². The van der Waals surface area contributed by atoms with Crippen molar-refractivity contribution in [3.05, 3.63) is 29.6 Å². The van der Waals surface area contributed by atoms with Gasteiger partial charge in [0.25, 0.3) is 0 Å². The summed E-state index contributed by atoms with van der Waals surface area (Å²) in [5.74, 6) is 0.0279. The first-order chi connectivity index (χ1) is 11.0. The van der Waals surface area contributed by atoms with Gasteiger partial charge in [-0.3, -0.25) is 9.48 Å². The SMILES string of the molecule is CC(C)=CCOC1CCOCC1NC(=O)CCc1cnn(C)c1. The quantitative estimate of drug-likeness (QED) is 0.775. The van der Waals surface area contributed by atoms with E-state index >= 15 is 0 Å². The molecule has 1 saturated heterocycles. The van der Waals surface area contributed by atoms with Crippen LogP contribution in [0.15, 0.2) is 24.0 Å². The van der Waals surface area contributed by atoms with Gasteiger partial charge in [0.2, 0.25) is 5.91 Å². The third-order valence-electron chi connectivity index (χ3n) is 3.84. The maximum atomic E-state index is 12.2. The molecule has 1 fully saturated rings. The van der Waals surface area contributed by atoms with Gasteiger partial charge in [-0.25, -0.2) is 0 Å². The highest BCUT2D eigenvalue weighted by molar-refractivity contribution is 5.76. The zero-order valence-electron chi connectivity index (χ0n) is 14.2. The van der Waals surface area contributed by atoms with Gasteiger partial charge in [-0.05, 0) is 32.3 Å². The fourth-order valence-corrected chi connectivity index (χ4v) is 2.53. The van der Waals surface area contributed by atoms with Crippen molar-refractivity contribution < 1.29 is 14.3 Å². The summed E-state index contributed by atoms with van der Waals surface area (Å²) in [6, 6.07) is -0.0734. The number of carbonyl (C=O) groups excluding carboxylic acids is 1. The number of nitrogens with one attached hydrogen (secondary N) is 1. The van der Waals surface area contributed by atoms with E-state index in [2.05, 4.69) is 16.5 Å². The van der Waals surface area contributed by atoms with Gasteiger partial charge in [-0.2, -0.15) is 5.10 Å². The van der Waals surface area contributed by atoms with E-state index in [0.29, 0.717) is 32.7 Å². The van der Waals surface area contributed by atoms with Gasteiger partial charge in [0.15, 0.2) is 0 Å². The Labute approximate surface area is 137 Å². The van der Waals surface area contributed by atoms with Crippen LogP contribution in [-0.2, 0) is 27.7 Å². The highest BCUT2D eigenvalue weighted by Gasteiger charge is 2.27. The molecule has 2 rings (SSSR count). The number of carbonyl (C=O) groups is 1. The first kappa shape index (κ1) is 17.7. The van der Waals surface area contributed by atoms with Crippen LogP contribution in [0.3, 0.4) is 0 Å². The predicted molar refractivity (Wildman–Crippen MR) is 88.1 cm³/mol. The number of amides is 1. The molecule has 1 N–H and O–H groups in total. The number of aryl methyl sites for hydroxylation is 2. The largest absolute Gasteiger partial charge is 0.379 e. The maximum Gasteiger partial charge on any atom is 0.220 e. The van der Waals surface area contributed by atoms with Crippen molar-refractivity contribution in [3.8, 4) is 0 Å². The van der Waals surface area contributed by atoms with Crippen molar-refractivity contribution in [1.82, 2.24) is 15.1 Å². The summed E-state index contributed by atoms with van der Waals surface area (Å²) in [6.45, 7) is 5.87. The van der Waals surface area contributed by atoms with Gasteiger partial charge in [0, 0.05) is 26.3 Å². The molecule has 2 atom stereocenters. The zero-order chi connectivity index (χ0) is 16.7. The molecule has 0 aromatic carbocycles. The van der Waals surface area contributed by atoms with Crippen LogP contribution in [0.5, 0.6) is 0 Å². The average Bonchev–Trinajstić information content (AvgIpc) is 2.92. The van der Waals surface area contributed by atoms with Gasteiger partial charge in [0.05, 0.1) is 31.6 Å². The monoisotopic (exact) mass is 321 g/mol. The maximum absolute atomic E-state index is 12.2. The van der Waals surface area contributed by atoms with E-state index < -0.39 is 0 Å². The highest BCUT2D eigenvalue weighted by Crippen LogP contribution is 2.13. The second-order valence-corrected chi connectivity index (χ2v) is 6.21. The van der Waals surface area contributed by atoms with Crippen molar-refractivity contribution in [1.29, 1.82) is 0 Å². The van der Waals surface area contributed by atoms with Crippen molar-refractivity contribution in [2.24, 2.45) is 7.05 Å². The Hall–Kier alpha value is -1.66. The van der Waals surface area contributed by atoms with Crippen molar-refractivity contribution in [2.75, 3.05) is 19.8 Å². The van der Waals surface area contributed by atoms with E-state index in [1.807, 2.05) is 27.1 Å². The molecule has 1 aliphatic rings. The highest BCUT2D eigenvalue weighted by atomic mass is 16.5. The van der Waals surface area contributed by atoms with Crippen LogP contribution in [-0.4, -0.2) is 47.7 Å². The summed E-state index contributed by atoms with van der Waals surface area (Å²) >= 11 is 0.